The zero-order valence-electron chi connectivity index (χ0n) is 7.37. The molecule has 0 saturated carbocycles. The fraction of sp³-hybridized carbons (Fsp3) is 0.111. The van der Waals surface area contributed by atoms with Gasteiger partial charge in [0, 0.05) is 24.5 Å². The molecule has 2 rings (SSSR count). The number of nitrogens with one attached hydrogen (secondary N) is 2. The molecule has 0 unspecified atom stereocenters. The van der Waals surface area contributed by atoms with Crippen LogP contribution in [-0.2, 0) is 6.54 Å². The van der Waals surface area contributed by atoms with Crippen molar-refractivity contribution in [2.45, 2.75) is 6.54 Å². The molecule has 14 heavy (non-hydrogen) atoms. The lowest BCUT2D eigenvalue weighted by molar-refractivity contribution is 1.09. The van der Waals surface area contributed by atoms with Gasteiger partial charge in [0.25, 0.3) is 0 Å². The summed E-state index contributed by atoms with van der Waals surface area (Å²) in [5.41, 5.74) is 1.10. The Morgan fingerprint density at radius 3 is 3.14 bits per heavy atom. The Morgan fingerprint density at radius 2 is 2.43 bits per heavy atom. The zero-order valence-corrected chi connectivity index (χ0v) is 8.95. The van der Waals surface area contributed by atoms with Crippen molar-refractivity contribution in [1.29, 1.82) is 0 Å². The van der Waals surface area contributed by atoms with Crippen LogP contribution in [0.3, 0.4) is 0 Å². The van der Waals surface area contributed by atoms with Crippen LogP contribution in [0.1, 0.15) is 5.56 Å². The van der Waals surface area contributed by atoms with Crippen molar-refractivity contribution in [3.63, 3.8) is 0 Å². The summed E-state index contributed by atoms with van der Waals surface area (Å²) < 4.78 is 0.962. The molecule has 0 aromatic carbocycles. The molecular formula is C9H9BrN4. The molecule has 5 heteroatoms. The maximum absolute atomic E-state index is 4.19. The summed E-state index contributed by atoms with van der Waals surface area (Å²) in [6.45, 7) is 0.714. The average molecular weight is 253 g/mol. The molecule has 0 atom stereocenters. The minimum Gasteiger partial charge on any atom is -0.365 e. The first-order chi connectivity index (χ1) is 6.86. The monoisotopic (exact) mass is 252 g/mol. The number of aromatic nitrogens is 3. The van der Waals surface area contributed by atoms with E-state index in [4.69, 9.17) is 0 Å². The highest BCUT2D eigenvalue weighted by Crippen LogP contribution is 2.18. The highest BCUT2D eigenvalue weighted by molar-refractivity contribution is 9.10. The van der Waals surface area contributed by atoms with Gasteiger partial charge in [0.2, 0.25) is 0 Å². The molecule has 0 spiro atoms. The number of anilines is 1. The van der Waals surface area contributed by atoms with Gasteiger partial charge < -0.3 is 5.32 Å². The predicted octanol–water partition coefficient (Wildman–Crippen LogP) is 2.18. The van der Waals surface area contributed by atoms with E-state index >= 15 is 0 Å². The van der Waals surface area contributed by atoms with Crippen molar-refractivity contribution in [2.24, 2.45) is 0 Å². The number of aromatic amines is 1. The summed E-state index contributed by atoms with van der Waals surface area (Å²) in [7, 11) is 0. The highest BCUT2D eigenvalue weighted by atomic mass is 79.9. The van der Waals surface area contributed by atoms with E-state index in [1.54, 1.807) is 12.4 Å². The molecule has 2 aromatic rings. The van der Waals surface area contributed by atoms with E-state index in [2.05, 4.69) is 36.4 Å². The first-order valence-electron chi connectivity index (χ1n) is 4.18. The molecule has 0 fully saturated rings. The van der Waals surface area contributed by atoms with Gasteiger partial charge in [-0.15, -0.1) is 0 Å². The molecule has 0 radical (unpaired) electrons. The van der Waals surface area contributed by atoms with Crippen molar-refractivity contribution in [2.75, 3.05) is 5.32 Å². The first-order valence-corrected chi connectivity index (χ1v) is 4.97. The van der Waals surface area contributed by atoms with Gasteiger partial charge in [0.15, 0.2) is 0 Å². The third kappa shape index (κ3) is 2.11. The van der Waals surface area contributed by atoms with Gasteiger partial charge in [-0.05, 0) is 28.1 Å². The second kappa shape index (κ2) is 4.23. The largest absolute Gasteiger partial charge is 0.365 e. The van der Waals surface area contributed by atoms with Gasteiger partial charge in [-0.3, -0.25) is 5.10 Å². The van der Waals surface area contributed by atoms with E-state index in [1.807, 2.05) is 18.3 Å². The normalized spacial score (nSPS) is 10.1. The van der Waals surface area contributed by atoms with E-state index in [1.165, 1.54) is 0 Å². The van der Waals surface area contributed by atoms with Gasteiger partial charge in [-0.1, -0.05) is 0 Å². The first kappa shape index (κ1) is 9.21. The third-order valence-corrected chi connectivity index (χ3v) is 2.41. The topological polar surface area (TPSA) is 53.6 Å². The summed E-state index contributed by atoms with van der Waals surface area (Å²) in [5.74, 6) is 0.841. The van der Waals surface area contributed by atoms with E-state index in [9.17, 15) is 0 Å². The van der Waals surface area contributed by atoms with Crippen LogP contribution in [0.25, 0.3) is 0 Å². The molecule has 4 nitrogen and oxygen atoms in total. The highest BCUT2D eigenvalue weighted by Gasteiger charge is 1.99. The van der Waals surface area contributed by atoms with Crippen LogP contribution in [0.2, 0.25) is 0 Å². The predicted molar refractivity (Wildman–Crippen MR) is 57.9 cm³/mol. The molecule has 2 aromatic heterocycles. The molecule has 0 aliphatic heterocycles. The van der Waals surface area contributed by atoms with Crippen molar-refractivity contribution >= 4 is 21.7 Å². The maximum atomic E-state index is 4.19. The SMILES string of the molecule is Brc1cccnc1NCc1cn[nH]c1. The average Bonchev–Trinajstić information content (AvgIpc) is 2.69. The molecular weight excluding hydrogens is 244 g/mol. The van der Waals surface area contributed by atoms with Crippen LogP contribution < -0.4 is 5.32 Å². The van der Waals surface area contributed by atoms with Crippen molar-refractivity contribution < 1.29 is 0 Å². The van der Waals surface area contributed by atoms with Crippen molar-refractivity contribution in [1.82, 2.24) is 15.2 Å². The van der Waals surface area contributed by atoms with Crippen LogP contribution in [0, 0.1) is 0 Å². The number of nitrogens with zero attached hydrogens (tertiary/aromatic N) is 2. The molecule has 0 aliphatic carbocycles. The summed E-state index contributed by atoms with van der Waals surface area (Å²) >= 11 is 3.41. The standard InChI is InChI=1S/C9H9BrN4/c10-8-2-1-3-11-9(8)12-4-7-5-13-14-6-7/h1-3,5-6H,4H2,(H,11,12)(H,13,14). The fourth-order valence-corrected chi connectivity index (χ4v) is 1.47. The Bertz CT molecular complexity index is 399. The number of halogens is 1. The van der Waals surface area contributed by atoms with Gasteiger partial charge in [0.1, 0.15) is 5.82 Å². The van der Waals surface area contributed by atoms with E-state index < -0.39 is 0 Å². The number of rotatable bonds is 3. The number of hydrogen-bond acceptors (Lipinski definition) is 3. The second-order valence-electron chi connectivity index (χ2n) is 2.79. The Hall–Kier alpha value is -1.36. The molecule has 0 amide bonds. The summed E-state index contributed by atoms with van der Waals surface area (Å²) in [5, 5.41) is 9.82. The summed E-state index contributed by atoms with van der Waals surface area (Å²) in [4.78, 5) is 4.19. The van der Waals surface area contributed by atoms with Gasteiger partial charge in [-0.25, -0.2) is 4.98 Å². The molecule has 2 heterocycles. The molecule has 0 aliphatic rings. The van der Waals surface area contributed by atoms with Crippen LogP contribution in [0.4, 0.5) is 5.82 Å². The minimum atomic E-state index is 0.714. The Morgan fingerprint density at radius 1 is 1.50 bits per heavy atom. The Labute approximate surface area is 89.9 Å². The van der Waals surface area contributed by atoms with E-state index in [-0.39, 0.29) is 0 Å². The molecule has 72 valence electrons. The Kier molecular flexibility index (Phi) is 2.78. The van der Waals surface area contributed by atoms with Crippen LogP contribution >= 0.6 is 15.9 Å². The van der Waals surface area contributed by atoms with Gasteiger partial charge in [-0.2, -0.15) is 5.10 Å². The third-order valence-electron chi connectivity index (χ3n) is 1.77. The van der Waals surface area contributed by atoms with Gasteiger partial charge in [0.05, 0.1) is 10.7 Å². The molecule has 2 N–H and O–H groups in total. The molecule has 0 saturated heterocycles. The van der Waals surface area contributed by atoms with Crippen LogP contribution in [0.5, 0.6) is 0 Å². The Balaban J connectivity index is 2.02. The summed E-state index contributed by atoms with van der Waals surface area (Å²) in [6.07, 6.45) is 5.39. The lowest BCUT2D eigenvalue weighted by atomic mass is 10.3. The van der Waals surface area contributed by atoms with Crippen LogP contribution in [0.15, 0.2) is 35.2 Å². The van der Waals surface area contributed by atoms with Crippen molar-refractivity contribution in [3.05, 3.63) is 40.8 Å². The second-order valence-corrected chi connectivity index (χ2v) is 3.65. The molecule has 0 bridgehead atoms. The van der Waals surface area contributed by atoms with E-state index in [0.29, 0.717) is 6.54 Å². The number of H-pyrrole nitrogens is 1. The number of hydrogen-bond donors (Lipinski definition) is 2. The fourth-order valence-electron chi connectivity index (χ4n) is 1.08. The lowest BCUT2D eigenvalue weighted by Crippen LogP contribution is -2.00. The number of pyridine rings is 1. The zero-order chi connectivity index (χ0) is 9.80. The quantitative estimate of drug-likeness (QED) is 0.881. The smallest absolute Gasteiger partial charge is 0.140 e. The lowest BCUT2D eigenvalue weighted by Gasteiger charge is -2.04. The summed E-state index contributed by atoms with van der Waals surface area (Å²) in [6, 6.07) is 3.83. The minimum absolute atomic E-state index is 0.714. The van der Waals surface area contributed by atoms with E-state index in [0.717, 1.165) is 15.9 Å². The maximum Gasteiger partial charge on any atom is 0.140 e. The van der Waals surface area contributed by atoms with Crippen molar-refractivity contribution in [3.8, 4) is 0 Å². The van der Waals surface area contributed by atoms with Gasteiger partial charge >= 0.3 is 0 Å². The van der Waals surface area contributed by atoms with Crippen LogP contribution in [-0.4, -0.2) is 15.2 Å².